The minimum Gasteiger partial charge on any atom is -0.394 e. The lowest BCUT2D eigenvalue weighted by Gasteiger charge is -2.19. The zero-order chi connectivity index (χ0) is 16.5. The van der Waals surface area contributed by atoms with Crippen molar-refractivity contribution in [2.45, 2.75) is 56.8 Å². The summed E-state index contributed by atoms with van der Waals surface area (Å²) in [6, 6.07) is 4.96. The lowest BCUT2D eigenvalue weighted by Crippen LogP contribution is -2.24. The van der Waals surface area contributed by atoms with Gasteiger partial charge in [0.15, 0.2) is 0 Å². The van der Waals surface area contributed by atoms with Gasteiger partial charge in [0.05, 0.1) is 41.7 Å². The van der Waals surface area contributed by atoms with E-state index in [1.165, 1.54) is 36.9 Å². The molecule has 1 unspecified atom stereocenters. The molecule has 0 bridgehead atoms. The molecule has 4 rings (SSSR count). The van der Waals surface area contributed by atoms with Crippen molar-refractivity contribution in [3.8, 4) is 0 Å². The number of nitrogens with zero attached hydrogens (tertiary/aromatic N) is 1. The summed E-state index contributed by atoms with van der Waals surface area (Å²) in [5.41, 5.74) is 4.50. The van der Waals surface area contributed by atoms with Crippen LogP contribution in [0.5, 0.6) is 0 Å². The third kappa shape index (κ3) is 3.15. The number of fused-ring (bicyclic) bond motifs is 1. The second-order valence-electron chi connectivity index (χ2n) is 6.98. The van der Waals surface area contributed by atoms with Crippen LogP contribution in [0.4, 0.5) is 11.4 Å². The average Bonchev–Trinajstić information content (AvgIpc) is 3.33. The number of thioether (sulfide) groups is 1. The third-order valence-electron chi connectivity index (χ3n) is 5.16. The van der Waals surface area contributed by atoms with Crippen molar-refractivity contribution in [1.29, 1.82) is 0 Å². The molecule has 3 aliphatic rings. The SMILES string of the molecule is OCc1cc2c(c(NC3CCCC3)c1)NC(C1=N[C@H](CO)CS1)C2. The van der Waals surface area contributed by atoms with Crippen molar-refractivity contribution in [3.05, 3.63) is 23.3 Å². The Kier molecular flexibility index (Phi) is 4.70. The molecule has 130 valence electrons. The van der Waals surface area contributed by atoms with Crippen LogP contribution in [-0.4, -0.2) is 45.7 Å². The van der Waals surface area contributed by atoms with E-state index in [9.17, 15) is 10.2 Å². The highest BCUT2D eigenvalue weighted by Crippen LogP contribution is 2.38. The van der Waals surface area contributed by atoms with Gasteiger partial charge in [0.25, 0.3) is 0 Å². The molecule has 1 aromatic carbocycles. The van der Waals surface area contributed by atoms with Gasteiger partial charge in [-0.05, 0) is 30.0 Å². The fourth-order valence-corrected chi connectivity index (χ4v) is 5.02. The number of aliphatic hydroxyl groups is 2. The minimum atomic E-state index is 0.0413. The lowest BCUT2D eigenvalue weighted by atomic mass is 10.0. The van der Waals surface area contributed by atoms with Crippen LogP contribution in [0.3, 0.4) is 0 Å². The maximum Gasteiger partial charge on any atom is 0.0908 e. The van der Waals surface area contributed by atoms with Gasteiger partial charge in [0.2, 0.25) is 0 Å². The summed E-state index contributed by atoms with van der Waals surface area (Å²) in [7, 11) is 0. The summed E-state index contributed by atoms with van der Waals surface area (Å²) >= 11 is 1.75. The highest BCUT2D eigenvalue weighted by atomic mass is 32.2. The number of aliphatic hydroxyl groups excluding tert-OH is 2. The molecule has 0 spiro atoms. The Morgan fingerprint density at radius 1 is 1.25 bits per heavy atom. The Hall–Kier alpha value is -1.24. The van der Waals surface area contributed by atoms with Gasteiger partial charge in [0.1, 0.15) is 0 Å². The normalized spacial score (nSPS) is 26.3. The van der Waals surface area contributed by atoms with Gasteiger partial charge < -0.3 is 20.8 Å². The molecule has 1 fully saturated rings. The first-order chi connectivity index (χ1) is 11.8. The first-order valence-electron chi connectivity index (χ1n) is 8.88. The fourth-order valence-electron chi connectivity index (χ4n) is 3.91. The van der Waals surface area contributed by atoms with E-state index in [0.717, 1.165) is 28.5 Å². The molecule has 2 heterocycles. The molecule has 0 amide bonds. The Balaban J connectivity index is 1.57. The van der Waals surface area contributed by atoms with E-state index in [-0.39, 0.29) is 25.3 Å². The van der Waals surface area contributed by atoms with E-state index < -0.39 is 0 Å². The van der Waals surface area contributed by atoms with Gasteiger partial charge in [0, 0.05) is 18.2 Å². The van der Waals surface area contributed by atoms with E-state index >= 15 is 0 Å². The summed E-state index contributed by atoms with van der Waals surface area (Å²) in [4.78, 5) is 4.64. The molecule has 1 saturated carbocycles. The summed E-state index contributed by atoms with van der Waals surface area (Å²) in [6.07, 6.45) is 5.94. The van der Waals surface area contributed by atoms with Gasteiger partial charge in [-0.25, -0.2) is 0 Å². The van der Waals surface area contributed by atoms with Crippen LogP contribution in [0.25, 0.3) is 0 Å². The highest BCUT2D eigenvalue weighted by Gasteiger charge is 2.31. The second kappa shape index (κ2) is 6.94. The second-order valence-corrected chi connectivity index (χ2v) is 8.02. The molecule has 5 nitrogen and oxygen atoms in total. The molecule has 1 aliphatic carbocycles. The van der Waals surface area contributed by atoms with Crippen LogP contribution in [0, 0.1) is 0 Å². The Morgan fingerprint density at radius 3 is 2.79 bits per heavy atom. The third-order valence-corrected chi connectivity index (χ3v) is 6.40. The molecular weight excluding hydrogens is 322 g/mol. The molecule has 6 heteroatoms. The summed E-state index contributed by atoms with van der Waals surface area (Å²) < 4.78 is 0. The number of rotatable bonds is 5. The molecular formula is C18H25N3O2S. The standard InChI is InChI=1S/C18H25N3O2S/c22-8-11-5-12-7-16(18-20-14(9-23)10-24-18)21-17(12)15(6-11)19-13-3-1-2-4-13/h5-6,13-14,16,19,21-23H,1-4,7-10H2/t14-,16?/m1/s1. The zero-order valence-electron chi connectivity index (χ0n) is 13.8. The monoisotopic (exact) mass is 347 g/mol. The number of aliphatic imine (C=N–C) groups is 1. The van der Waals surface area contributed by atoms with Gasteiger partial charge in [-0.15, -0.1) is 11.8 Å². The van der Waals surface area contributed by atoms with Crippen LogP contribution in [0.1, 0.15) is 36.8 Å². The van der Waals surface area contributed by atoms with Gasteiger partial charge in [-0.2, -0.15) is 0 Å². The maximum atomic E-state index is 9.59. The van der Waals surface area contributed by atoms with Crippen LogP contribution in [0.2, 0.25) is 0 Å². The van der Waals surface area contributed by atoms with Crippen LogP contribution < -0.4 is 10.6 Å². The molecule has 0 saturated heterocycles. The predicted octanol–water partition coefficient (Wildman–Crippen LogP) is 2.38. The number of hydrogen-bond acceptors (Lipinski definition) is 6. The Bertz CT molecular complexity index is 643. The minimum absolute atomic E-state index is 0.0413. The van der Waals surface area contributed by atoms with E-state index in [1.807, 2.05) is 0 Å². The predicted molar refractivity (Wildman–Crippen MR) is 100 cm³/mol. The number of hydrogen-bond donors (Lipinski definition) is 4. The van der Waals surface area contributed by atoms with Crippen molar-refractivity contribution >= 4 is 28.2 Å². The van der Waals surface area contributed by atoms with Crippen molar-refractivity contribution < 1.29 is 10.2 Å². The van der Waals surface area contributed by atoms with Crippen molar-refractivity contribution in [2.24, 2.45) is 4.99 Å². The molecule has 24 heavy (non-hydrogen) atoms. The van der Waals surface area contributed by atoms with E-state index in [1.54, 1.807) is 11.8 Å². The summed E-state index contributed by atoms with van der Waals surface area (Å²) in [5, 5.41) is 27.3. The van der Waals surface area contributed by atoms with Crippen LogP contribution >= 0.6 is 11.8 Å². The quantitative estimate of drug-likeness (QED) is 0.658. The van der Waals surface area contributed by atoms with Crippen LogP contribution in [0.15, 0.2) is 17.1 Å². The van der Waals surface area contributed by atoms with E-state index in [0.29, 0.717) is 6.04 Å². The number of anilines is 2. The largest absolute Gasteiger partial charge is 0.394 e. The van der Waals surface area contributed by atoms with Gasteiger partial charge in [-0.1, -0.05) is 18.9 Å². The smallest absolute Gasteiger partial charge is 0.0908 e. The van der Waals surface area contributed by atoms with Crippen LogP contribution in [-0.2, 0) is 13.0 Å². The lowest BCUT2D eigenvalue weighted by molar-refractivity contribution is 0.277. The Morgan fingerprint density at radius 2 is 2.08 bits per heavy atom. The molecule has 2 aliphatic heterocycles. The topological polar surface area (TPSA) is 76.9 Å². The van der Waals surface area contributed by atoms with Gasteiger partial charge in [-0.3, -0.25) is 4.99 Å². The van der Waals surface area contributed by atoms with Gasteiger partial charge >= 0.3 is 0 Å². The zero-order valence-corrected chi connectivity index (χ0v) is 14.6. The summed E-state index contributed by atoms with van der Waals surface area (Å²) in [5.74, 6) is 0.870. The van der Waals surface area contributed by atoms with E-state index in [4.69, 9.17) is 0 Å². The molecule has 1 aromatic rings. The first-order valence-corrected chi connectivity index (χ1v) is 9.86. The van der Waals surface area contributed by atoms with Crippen molar-refractivity contribution in [3.63, 3.8) is 0 Å². The van der Waals surface area contributed by atoms with Crippen molar-refractivity contribution in [1.82, 2.24) is 0 Å². The average molecular weight is 347 g/mol. The molecule has 0 radical (unpaired) electrons. The molecule has 4 N–H and O–H groups in total. The Labute approximate surface area is 146 Å². The van der Waals surface area contributed by atoms with E-state index in [2.05, 4.69) is 27.8 Å². The highest BCUT2D eigenvalue weighted by molar-refractivity contribution is 8.14. The maximum absolute atomic E-state index is 9.59. The first kappa shape index (κ1) is 16.2. The number of nitrogens with one attached hydrogen (secondary N) is 2. The summed E-state index contributed by atoms with van der Waals surface area (Å²) in [6.45, 7) is 0.193. The molecule has 2 atom stereocenters. The van der Waals surface area contributed by atoms with Crippen molar-refractivity contribution in [2.75, 3.05) is 23.0 Å². The molecule has 0 aromatic heterocycles. The fraction of sp³-hybridized carbons (Fsp3) is 0.611. The number of benzene rings is 1.